The number of aromatic hydroxyl groups is 1. The number of phenolic OH excluding ortho intramolecular Hbond substituents is 1. The Morgan fingerprint density at radius 3 is 2.58 bits per heavy atom. The Labute approximate surface area is 114 Å². The Morgan fingerprint density at radius 2 is 2.05 bits per heavy atom. The van der Waals surface area contributed by atoms with Crippen LogP contribution >= 0.6 is 0 Å². The van der Waals surface area contributed by atoms with E-state index in [4.69, 9.17) is 0 Å². The summed E-state index contributed by atoms with van der Waals surface area (Å²) in [5.74, 6) is -0.0460. The van der Waals surface area contributed by atoms with Crippen molar-refractivity contribution in [2.75, 3.05) is 14.1 Å². The second-order valence-electron chi connectivity index (χ2n) is 4.70. The van der Waals surface area contributed by atoms with Crippen LogP contribution in [0.5, 0.6) is 5.75 Å². The molecule has 0 saturated carbocycles. The number of hydrogen-bond acceptors (Lipinski definition) is 3. The molecule has 1 N–H and O–H groups in total. The lowest BCUT2D eigenvalue weighted by molar-refractivity contribution is 0.458. The number of sulfonamides is 1. The molecule has 1 aromatic rings. The van der Waals surface area contributed by atoms with E-state index in [2.05, 4.69) is 4.40 Å². The van der Waals surface area contributed by atoms with E-state index in [1.807, 2.05) is 13.8 Å². The summed E-state index contributed by atoms with van der Waals surface area (Å²) < 4.78 is 27.6. The molecule has 0 aliphatic heterocycles. The molecule has 0 spiro atoms. The van der Waals surface area contributed by atoms with Crippen molar-refractivity contribution >= 4 is 16.4 Å². The Bertz CT molecular complexity index is 565. The zero-order valence-corrected chi connectivity index (χ0v) is 12.5. The molecule has 0 saturated heterocycles. The van der Waals surface area contributed by atoms with Gasteiger partial charge in [0.05, 0.1) is 0 Å². The molecular weight excluding hydrogens is 264 g/mol. The van der Waals surface area contributed by atoms with Crippen LogP contribution in [0.15, 0.2) is 27.5 Å². The predicted molar refractivity (Wildman–Crippen MR) is 76.2 cm³/mol. The van der Waals surface area contributed by atoms with E-state index in [-0.39, 0.29) is 16.6 Å². The third-order valence-electron chi connectivity index (χ3n) is 2.86. The first-order valence-corrected chi connectivity index (χ1v) is 7.51. The number of phenols is 1. The summed E-state index contributed by atoms with van der Waals surface area (Å²) >= 11 is 0. The lowest BCUT2D eigenvalue weighted by Gasteiger charge is -2.11. The Hall–Kier alpha value is -1.56. The fourth-order valence-corrected chi connectivity index (χ4v) is 2.54. The van der Waals surface area contributed by atoms with Gasteiger partial charge in [0.1, 0.15) is 17.0 Å². The number of hydrogen-bond donors (Lipinski definition) is 1. The third kappa shape index (κ3) is 3.96. The van der Waals surface area contributed by atoms with Crippen molar-refractivity contribution in [2.45, 2.75) is 31.1 Å². The lowest BCUT2D eigenvalue weighted by Crippen LogP contribution is -2.10. The first-order chi connectivity index (χ1) is 8.77. The van der Waals surface area contributed by atoms with Crippen molar-refractivity contribution in [3.63, 3.8) is 0 Å². The van der Waals surface area contributed by atoms with Crippen LogP contribution in [0.2, 0.25) is 0 Å². The fourth-order valence-electron chi connectivity index (χ4n) is 1.49. The summed E-state index contributed by atoms with van der Waals surface area (Å²) in [7, 11) is -0.522. The Morgan fingerprint density at radius 1 is 1.42 bits per heavy atom. The van der Waals surface area contributed by atoms with E-state index in [1.165, 1.54) is 23.4 Å². The molecule has 0 aromatic heterocycles. The van der Waals surface area contributed by atoms with E-state index in [0.29, 0.717) is 0 Å². The molecule has 106 valence electrons. The molecule has 1 rings (SSSR count). The second-order valence-corrected chi connectivity index (χ2v) is 6.30. The summed E-state index contributed by atoms with van der Waals surface area (Å²) in [5, 5.41) is 9.72. The monoisotopic (exact) mass is 284 g/mol. The summed E-state index contributed by atoms with van der Waals surface area (Å²) in [6.07, 6.45) is 2.09. The average Bonchev–Trinajstić information content (AvgIpc) is 2.36. The first-order valence-electron chi connectivity index (χ1n) is 6.07. The number of nitrogens with zero attached hydrogens (tertiary/aromatic N) is 2. The van der Waals surface area contributed by atoms with Gasteiger partial charge in [-0.15, -0.1) is 4.40 Å². The van der Waals surface area contributed by atoms with Crippen molar-refractivity contribution in [1.82, 2.24) is 4.90 Å². The van der Waals surface area contributed by atoms with Crippen LogP contribution in [0.1, 0.15) is 31.7 Å². The maximum Gasteiger partial charge on any atom is 0.287 e. The molecule has 0 aliphatic carbocycles. The highest BCUT2D eigenvalue weighted by atomic mass is 32.2. The zero-order valence-electron chi connectivity index (χ0n) is 11.7. The minimum absolute atomic E-state index is 0.150. The molecule has 0 amide bonds. The maximum atomic E-state index is 12.0. The Kier molecular flexibility index (Phi) is 4.94. The van der Waals surface area contributed by atoms with Crippen molar-refractivity contribution < 1.29 is 13.5 Å². The quantitative estimate of drug-likeness (QED) is 0.664. The normalized spacial score (nSPS) is 13.7. The van der Waals surface area contributed by atoms with Gasteiger partial charge >= 0.3 is 0 Å². The highest BCUT2D eigenvalue weighted by Crippen LogP contribution is 2.29. The third-order valence-corrected chi connectivity index (χ3v) is 4.11. The van der Waals surface area contributed by atoms with Crippen molar-refractivity contribution in [2.24, 2.45) is 4.40 Å². The van der Waals surface area contributed by atoms with Crippen LogP contribution in [0.4, 0.5) is 0 Å². The van der Waals surface area contributed by atoms with Crippen LogP contribution in [0.3, 0.4) is 0 Å². The van der Waals surface area contributed by atoms with Gasteiger partial charge in [-0.2, -0.15) is 8.42 Å². The second kappa shape index (κ2) is 6.06. The molecule has 0 heterocycles. The molecule has 19 heavy (non-hydrogen) atoms. The van der Waals surface area contributed by atoms with Gasteiger partial charge < -0.3 is 10.0 Å². The van der Waals surface area contributed by atoms with Gasteiger partial charge in [-0.1, -0.05) is 19.9 Å². The lowest BCUT2D eigenvalue weighted by atomic mass is 9.99. The first kappa shape index (κ1) is 15.5. The van der Waals surface area contributed by atoms with Gasteiger partial charge in [0.25, 0.3) is 10.0 Å². The van der Waals surface area contributed by atoms with Gasteiger partial charge in [0, 0.05) is 14.1 Å². The van der Waals surface area contributed by atoms with Crippen molar-refractivity contribution in [1.29, 1.82) is 0 Å². The topological polar surface area (TPSA) is 70.0 Å². The number of rotatable bonds is 5. The number of benzene rings is 1. The highest BCUT2D eigenvalue weighted by Gasteiger charge is 2.19. The fraction of sp³-hybridized carbons (Fsp3) is 0.462. The van der Waals surface area contributed by atoms with E-state index >= 15 is 0 Å². The molecular formula is C13H20N2O3S. The summed E-state index contributed by atoms with van der Waals surface area (Å²) in [4.78, 5) is 1.37. The largest absolute Gasteiger partial charge is 0.507 e. The van der Waals surface area contributed by atoms with Gasteiger partial charge in [0.15, 0.2) is 0 Å². The smallest absolute Gasteiger partial charge is 0.287 e. The molecule has 0 aliphatic rings. The molecule has 0 bridgehead atoms. The molecule has 0 fully saturated rings. The van der Waals surface area contributed by atoms with Crippen molar-refractivity contribution in [3.8, 4) is 5.75 Å². The SMILES string of the molecule is CCC(C)c1ccc(O)c(S(=O)(=O)/N=C/N(C)C)c1. The van der Waals surface area contributed by atoms with Crippen LogP contribution in [0.25, 0.3) is 0 Å². The molecule has 0 radical (unpaired) electrons. The van der Waals surface area contributed by atoms with Gasteiger partial charge in [-0.05, 0) is 30.0 Å². The molecule has 1 unspecified atom stereocenters. The van der Waals surface area contributed by atoms with Crippen molar-refractivity contribution in [3.05, 3.63) is 23.8 Å². The van der Waals surface area contributed by atoms with Crippen LogP contribution in [0, 0.1) is 0 Å². The van der Waals surface area contributed by atoms with E-state index in [0.717, 1.165) is 12.0 Å². The molecule has 6 heteroatoms. The van der Waals surface area contributed by atoms with E-state index < -0.39 is 10.0 Å². The predicted octanol–water partition coefficient (Wildman–Crippen LogP) is 2.18. The zero-order chi connectivity index (χ0) is 14.6. The summed E-state index contributed by atoms with van der Waals surface area (Å²) in [6.45, 7) is 4.03. The van der Waals surface area contributed by atoms with Gasteiger partial charge in [-0.3, -0.25) is 0 Å². The highest BCUT2D eigenvalue weighted by molar-refractivity contribution is 7.90. The van der Waals surface area contributed by atoms with E-state index in [9.17, 15) is 13.5 Å². The van der Waals surface area contributed by atoms with Crippen LogP contribution in [-0.2, 0) is 10.0 Å². The van der Waals surface area contributed by atoms with Crippen LogP contribution < -0.4 is 0 Å². The van der Waals surface area contributed by atoms with E-state index in [1.54, 1.807) is 20.2 Å². The van der Waals surface area contributed by atoms with Gasteiger partial charge in [0.2, 0.25) is 0 Å². The molecule has 1 atom stereocenters. The summed E-state index contributed by atoms with van der Waals surface area (Å²) in [6, 6.07) is 4.63. The summed E-state index contributed by atoms with van der Waals surface area (Å²) in [5.41, 5.74) is 0.874. The maximum absolute atomic E-state index is 12.0. The average molecular weight is 284 g/mol. The molecule has 1 aromatic carbocycles. The minimum Gasteiger partial charge on any atom is -0.507 e. The van der Waals surface area contributed by atoms with Crippen LogP contribution in [-0.4, -0.2) is 38.9 Å². The van der Waals surface area contributed by atoms with Gasteiger partial charge in [-0.25, -0.2) is 0 Å². The minimum atomic E-state index is -3.87. The standard InChI is InChI=1S/C13H20N2O3S/c1-5-10(2)11-6-7-12(16)13(8-11)19(17,18)14-9-15(3)4/h6-10,16H,5H2,1-4H3/b14-9+. The Balaban J connectivity index is 3.26. The molecule has 5 nitrogen and oxygen atoms in total.